The van der Waals surface area contributed by atoms with E-state index in [9.17, 15) is 4.39 Å². The summed E-state index contributed by atoms with van der Waals surface area (Å²) in [5.74, 6) is 0.510. The first-order valence-electron chi connectivity index (χ1n) is 6.55. The molecule has 0 atom stereocenters. The molecule has 0 saturated carbocycles. The first-order valence-corrected chi connectivity index (χ1v) is 6.96. The normalized spacial score (nSPS) is 10.2. The van der Waals surface area contributed by atoms with E-state index in [-0.39, 0.29) is 5.82 Å². The number of thiocarbonyl (C=S) groups is 1. The van der Waals surface area contributed by atoms with Gasteiger partial charge in [-0.2, -0.15) is 0 Å². The minimum absolute atomic E-state index is 0.242. The molecular formula is C16H17FN2OS. The van der Waals surface area contributed by atoms with Crippen LogP contribution in [0.4, 0.5) is 10.1 Å². The number of rotatable bonds is 6. The molecule has 2 rings (SSSR count). The van der Waals surface area contributed by atoms with Gasteiger partial charge in [0.15, 0.2) is 0 Å². The van der Waals surface area contributed by atoms with E-state index in [1.54, 1.807) is 6.07 Å². The van der Waals surface area contributed by atoms with Crippen molar-refractivity contribution in [2.45, 2.75) is 0 Å². The molecule has 0 aliphatic rings. The van der Waals surface area contributed by atoms with Crippen molar-refractivity contribution in [3.8, 4) is 5.75 Å². The Hall–Kier alpha value is -2.14. The Kier molecular flexibility index (Phi) is 5.11. The first kappa shape index (κ1) is 15.3. The van der Waals surface area contributed by atoms with Crippen LogP contribution < -0.4 is 15.4 Å². The molecule has 0 heterocycles. The Labute approximate surface area is 129 Å². The van der Waals surface area contributed by atoms with Crippen molar-refractivity contribution in [1.29, 1.82) is 0 Å². The topological polar surface area (TPSA) is 38.5 Å². The molecule has 0 aliphatic heterocycles. The van der Waals surface area contributed by atoms with Crippen LogP contribution >= 0.6 is 12.2 Å². The van der Waals surface area contributed by atoms with E-state index in [4.69, 9.17) is 22.7 Å². The molecule has 3 nitrogen and oxygen atoms in total. The van der Waals surface area contributed by atoms with Crippen LogP contribution in [0.2, 0.25) is 0 Å². The van der Waals surface area contributed by atoms with Crippen molar-refractivity contribution in [2.24, 2.45) is 5.73 Å². The Bertz CT molecular complexity index is 616. The van der Waals surface area contributed by atoms with Crippen LogP contribution in [0.25, 0.3) is 0 Å². The molecule has 0 fully saturated rings. The van der Waals surface area contributed by atoms with Gasteiger partial charge in [0.2, 0.25) is 0 Å². The van der Waals surface area contributed by atoms with Crippen molar-refractivity contribution in [3.05, 3.63) is 59.9 Å². The lowest BCUT2D eigenvalue weighted by Gasteiger charge is -2.19. The Balaban J connectivity index is 1.85. The molecule has 2 aromatic rings. The van der Waals surface area contributed by atoms with Crippen molar-refractivity contribution in [2.75, 3.05) is 25.1 Å². The summed E-state index contributed by atoms with van der Waals surface area (Å²) in [6.07, 6.45) is 0. The van der Waals surface area contributed by atoms with Gasteiger partial charge in [-0.25, -0.2) is 4.39 Å². The highest BCUT2D eigenvalue weighted by molar-refractivity contribution is 7.80. The Morgan fingerprint density at radius 3 is 2.57 bits per heavy atom. The minimum Gasteiger partial charge on any atom is -0.492 e. The fourth-order valence-corrected chi connectivity index (χ4v) is 1.99. The van der Waals surface area contributed by atoms with E-state index >= 15 is 0 Å². The Morgan fingerprint density at radius 1 is 1.24 bits per heavy atom. The second-order valence-corrected chi connectivity index (χ2v) is 5.08. The maximum atomic E-state index is 13.1. The predicted molar refractivity (Wildman–Crippen MR) is 87.5 cm³/mol. The van der Waals surface area contributed by atoms with Gasteiger partial charge in [0.25, 0.3) is 0 Å². The summed E-state index contributed by atoms with van der Waals surface area (Å²) < 4.78 is 18.8. The molecule has 21 heavy (non-hydrogen) atoms. The van der Waals surface area contributed by atoms with E-state index in [0.29, 0.717) is 18.1 Å². The molecule has 0 aromatic heterocycles. The second kappa shape index (κ2) is 7.04. The summed E-state index contributed by atoms with van der Waals surface area (Å²) in [6.45, 7) is 1.15. The minimum atomic E-state index is -0.242. The van der Waals surface area contributed by atoms with E-state index in [1.165, 1.54) is 12.1 Å². The average Bonchev–Trinajstić information content (AvgIpc) is 2.47. The number of nitrogens with two attached hydrogens (primary N) is 1. The van der Waals surface area contributed by atoms with Crippen LogP contribution in [0.1, 0.15) is 5.56 Å². The van der Waals surface area contributed by atoms with Gasteiger partial charge < -0.3 is 15.4 Å². The predicted octanol–water partition coefficient (Wildman–Crippen LogP) is 2.98. The van der Waals surface area contributed by atoms with Gasteiger partial charge in [0.05, 0.1) is 6.54 Å². The fraction of sp³-hybridized carbons (Fsp3) is 0.188. The van der Waals surface area contributed by atoms with Crippen molar-refractivity contribution in [1.82, 2.24) is 0 Å². The number of hydrogen-bond donors (Lipinski definition) is 1. The number of benzene rings is 2. The standard InChI is InChI=1S/C16H17FN2OS/c1-19(14-4-2-3-13(17)11-14)9-10-20-15-7-5-12(6-8-15)16(18)21/h2-8,11H,9-10H2,1H3,(H2,18,21). The van der Waals surface area contributed by atoms with E-state index in [0.717, 1.165) is 17.0 Å². The van der Waals surface area contributed by atoms with Crippen LogP contribution in [0, 0.1) is 5.82 Å². The van der Waals surface area contributed by atoms with Gasteiger partial charge >= 0.3 is 0 Å². The summed E-state index contributed by atoms with van der Waals surface area (Å²) in [5.41, 5.74) is 7.17. The average molecular weight is 304 g/mol. The van der Waals surface area contributed by atoms with E-state index < -0.39 is 0 Å². The van der Waals surface area contributed by atoms with Gasteiger partial charge in [0, 0.05) is 18.3 Å². The zero-order valence-corrected chi connectivity index (χ0v) is 12.6. The molecule has 0 radical (unpaired) electrons. The molecule has 5 heteroatoms. The van der Waals surface area contributed by atoms with E-state index in [1.807, 2.05) is 42.3 Å². The second-order valence-electron chi connectivity index (χ2n) is 4.64. The van der Waals surface area contributed by atoms with Gasteiger partial charge in [-0.3, -0.25) is 0 Å². The molecule has 2 N–H and O–H groups in total. The Morgan fingerprint density at radius 2 is 1.95 bits per heavy atom. The number of hydrogen-bond acceptors (Lipinski definition) is 3. The number of halogens is 1. The van der Waals surface area contributed by atoms with Crippen molar-refractivity contribution >= 4 is 22.9 Å². The summed E-state index contributed by atoms with van der Waals surface area (Å²) in [7, 11) is 1.90. The highest BCUT2D eigenvalue weighted by Crippen LogP contribution is 2.15. The van der Waals surface area contributed by atoms with Crippen LogP contribution in [0.15, 0.2) is 48.5 Å². The summed E-state index contributed by atoms with van der Waals surface area (Å²) in [5, 5.41) is 0. The molecular weight excluding hydrogens is 287 g/mol. The number of anilines is 1. The molecule has 0 aliphatic carbocycles. The molecule has 0 unspecified atom stereocenters. The maximum Gasteiger partial charge on any atom is 0.125 e. The van der Waals surface area contributed by atoms with Crippen molar-refractivity contribution in [3.63, 3.8) is 0 Å². The van der Waals surface area contributed by atoms with Crippen LogP contribution in [0.5, 0.6) is 5.75 Å². The molecule has 0 bridgehead atoms. The maximum absolute atomic E-state index is 13.1. The summed E-state index contributed by atoms with van der Waals surface area (Å²) in [4.78, 5) is 2.30. The largest absolute Gasteiger partial charge is 0.492 e. The third-order valence-electron chi connectivity index (χ3n) is 3.08. The van der Waals surface area contributed by atoms with Crippen LogP contribution in [-0.2, 0) is 0 Å². The lowest BCUT2D eigenvalue weighted by molar-refractivity contribution is 0.326. The van der Waals surface area contributed by atoms with E-state index in [2.05, 4.69) is 0 Å². The third kappa shape index (κ3) is 4.43. The summed E-state index contributed by atoms with van der Waals surface area (Å²) >= 11 is 4.89. The molecule has 0 amide bonds. The quantitative estimate of drug-likeness (QED) is 0.833. The van der Waals surface area contributed by atoms with Gasteiger partial charge in [-0.1, -0.05) is 18.3 Å². The fourth-order valence-electron chi connectivity index (χ4n) is 1.86. The van der Waals surface area contributed by atoms with Gasteiger partial charge in [0.1, 0.15) is 23.2 Å². The first-order chi connectivity index (χ1) is 10.1. The van der Waals surface area contributed by atoms with Crippen molar-refractivity contribution < 1.29 is 9.13 Å². The zero-order chi connectivity index (χ0) is 15.2. The molecule has 0 spiro atoms. The van der Waals surface area contributed by atoms with Crippen LogP contribution in [-0.4, -0.2) is 25.2 Å². The lowest BCUT2D eigenvalue weighted by atomic mass is 10.2. The third-order valence-corrected chi connectivity index (χ3v) is 3.32. The van der Waals surface area contributed by atoms with Crippen LogP contribution in [0.3, 0.4) is 0 Å². The molecule has 110 valence electrons. The number of ether oxygens (including phenoxy) is 1. The lowest BCUT2D eigenvalue weighted by Crippen LogP contribution is -2.23. The number of likely N-dealkylation sites (N-methyl/N-ethyl adjacent to an activating group) is 1. The monoisotopic (exact) mass is 304 g/mol. The molecule has 2 aromatic carbocycles. The highest BCUT2D eigenvalue weighted by Gasteiger charge is 2.03. The van der Waals surface area contributed by atoms with Gasteiger partial charge in [-0.05, 0) is 42.5 Å². The zero-order valence-electron chi connectivity index (χ0n) is 11.8. The van der Waals surface area contributed by atoms with Gasteiger partial charge in [-0.15, -0.1) is 0 Å². The SMILES string of the molecule is CN(CCOc1ccc(C(N)=S)cc1)c1cccc(F)c1. The smallest absolute Gasteiger partial charge is 0.125 e. The number of nitrogens with zero attached hydrogens (tertiary/aromatic N) is 1. The summed E-state index contributed by atoms with van der Waals surface area (Å²) in [6, 6.07) is 13.8. The highest BCUT2D eigenvalue weighted by atomic mass is 32.1. The molecule has 0 saturated heterocycles.